The molecule has 0 fully saturated rings. The van der Waals surface area contributed by atoms with Gasteiger partial charge in [-0.1, -0.05) is 30.7 Å². The van der Waals surface area contributed by atoms with E-state index in [0.29, 0.717) is 0 Å². The minimum Gasteiger partial charge on any atom is -0.310 e. The Labute approximate surface area is 119 Å². The predicted molar refractivity (Wildman–Crippen MR) is 80.6 cm³/mol. The Morgan fingerprint density at radius 3 is 2.53 bits per heavy atom. The second-order valence-corrected chi connectivity index (χ2v) is 5.07. The molecule has 3 heteroatoms. The van der Waals surface area contributed by atoms with E-state index in [2.05, 4.69) is 42.3 Å². The Hall–Kier alpha value is -1.38. The molecule has 0 saturated heterocycles. The summed E-state index contributed by atoms with van der Waals surface area (Å²) in [6.07, 6.45) is 4.52. The lowest BCUT2D eigenvalue weighted by molar-refractivity contribution is 0.598. The summed E-state index contributed by atoms with van der Waals surface area (Å²) in [4.78, 5) is 4.03. The first-order valence-electron chi connectivity index (χ1n) is 6.61. The molecule has 19 heavy (non-hydrogen) atoms. The normalized spacial score (nSPS) is 12.4. The van der Waals surface area contributed by atoms with Crippen molar-refractivity contribution in [3.05, 3.63) is 64.4 Å². The number of hydrogen-bond acceptors (Lipinski definition) is 2. The Morgan fingerprint density at radius 1 is 1.16 bits per heavy atom. The van der Waals surface area contributed by atoms with Gasteiger partial charge in [0, 0.05) is 23.5 Å². The van der Waals surface area contributed by atoms with Gasteiger partial charge in [-0.2, -0.15) is 0 Å². The quantitative estimate of drug-likeness (QED) is 0.892. The fourth-order valence-corrected chi connectivity index (χ4v) is 2.55. The van der Waals surface area contributed by atoms with Crippen LogP contribution >= 0.6 is 11.6 Å². The number of hydrogen-bond donors (Lipinski definition) is 1. The zero-order valence-electron chi connectivity index (χ0n) is 11.4. The van der Waals surface area contributed by atoms with Crippen LogP contribution < -0.4 is 5.32 Å². The zero-order chi connectivity index (χ0) is 13.7. The summed E-state index contributed by atoms with van der Waals surface area (Å²) in [6.45, 7) is 5.17. The van der Waals surface area contributed by atoms with Crippen LogP contribution in [0.3, 0.4) is 0 Å². The minimum atomic E-state index is 0.285. The van der Waals surface area contributed by atoms with Crippen LogP contribution in [0.1, 0.15) is 36.6 Å². The third kappa shape index (κ3) is 3.79. The van der Waals surface area contributed by atoms with Crippen LogP contribution in [0.4, 0.5) is 0 Å². The van der Waals surface area contributed by atoms with Crippen molar-refractivity contribution in [2.24, 2.45) is 0 Å². The molecule has 0 aliphatic rings. The lowest BCUT2D eigenvalue weighted by atomic mass is 10.0. The van der Waals surface area contributed by atoms with Gasteiger partial charge in [-0.15, -0.1) is 0 Å². The molecule has 0 radical (unpaired) electrons. The van der Waals surface area contributed by atoms with Gasteiger partial charge >= 0.3 is 0 Å². The molecule has 0 bridgehead atoms. The van der Waals surface area contributed by atoms with Gasteiger partial charge in [0.25, 0.3) is 0 Å². The van der Waals surface area contributed by atoms with Gasteiger partial charge in [0.05, 0.1) is 0 Å². The van der Waals surface area contributed by atoms with Crippen LogP contribution in [0.5, 0.6) is 0 Å². The van der Waals surface area contributed by atoms with E-state index in [4.69, 9.17) is 11.6 Å². The van der Waals surface area contributed by atoms with Gasteiger partial charge in [0.2, 0.25) is 0 Å². The molecule has 1 heterocycles. The van der Waals surface area contributed by atoms with Crippen molar-refractivity contribution >= 4 is 11.6 Å². The maximum Gasteiger partial charge on any atom is 0.0456 e. The summed E-state index contributed by atoms with van der Waals surface area (Å²) in [5, 5.41) is 4.21. The van der Waals surface area contributed by atoms with Crippen molar-refractivity contribution in [3.63, 3.8) is 0 Å². The molecule has 100 valence electrons. The summed E-state index contributed by atoms with van der Waals surface area (Å²) < 4.78 is 0. The zero-order valence-corrected chi connectivity index (χ0v) is 12.1. The number of pyridine rings is 1. The number of nitrogens with one attached hydrogen (secondary N) is 1. The standard InChI is InChI=1S/C16H19ClN2/c1-3-19-12(2)15-5-4-14(11-16(15)17)10-13-6-8-18-9-7-13/h4-9,11-12,19H,3,10H2,1-2H3. The summed E-state index contributed by atoms with van der Waals surface area (Å²) in [5.41, 5.74) is 3.63. The first-order chi connectivity index (χ1) is 9.20. The molecular weight excluding hydrogens is 256 g/mol. The Morgan fingerprint density at radius 2 is 1.89 bits per heavy atom. The summed E-state index contributed by atoms with van der Waals surface area (Å²) in [5.74, 6) is 0. The topological polar surface area (TPSA) is 24.9 Å². The second kappa shape index (κ2) is 6.69. The van der Waals surface area contributed by atoms with Gasteiger partial charge in [-0.05, 0) is 54.8 Å². The van der Waals surface area contributed by atoms with Crippen LogP contribution in [0, 0.1) is 0 Å². The molecule has 1 N–H and O–H groups in total. The van der Waals surface area contributed by atoms with Crippen LogP contribution in [0.25, 0.3) is 0 Å². The minimum absolute atomic E-state index is 0.285. The second-order valence-electron chi connectivity index (χ2n) is 4.67. The number of benzene rings is 1. The lowest BCUT2D eigenvalue weighted by Gasteiger charge is -2.15. The summed E-state index contributed by atoms with van der Waals surface area (Å²) in [6, 6.07) is 10.7. The van der Waals surface area contributed by atoms with Gasteiger partial charge in [0.1, 0.15) is 0 Å². The van der Waals surface area contributed by atoms with E-state index in [1.165, 1.54) is 11.1 Å². The van der Waals surface area contributed by atoms with Crippen molar-refractivity contribution in [2.75, 3.05) is 6.54 Å². The summed E-state index contributed by atoms with van der Waals surface area (Å²) in [7, 11) is 0. The highest BCUT2D eigenvalue weighted by Gasteiger charge is 2.09. The van der Waals surface area contributed by atoms with E-state index >= 15 is 0 Å². The summed E-state index contributed by atoms with van der Waals surface area (Å²) >= 11 is 6.37. The van der Waals surface area contributed by atoms with E-state index in [1.807, 2.05) is 24.5 Å². The third-order valence-corrected chi connectivity index (χ3v) is 3.53. The van der Waals surface area contributed by atoms with Crippen LogP contribution in [-0.4, -0.2) is 11.5 Å². The van der Waals surface area contributed by atoms with Crippen LogP contribution in [-0.2, 0) is 6.42 Å². The van der Waals surface area contributed by atoms with E-state index in [-0.39, 0.29) is 6.04 Å². The molecule has 2 aromatic rings. The van der Waals surface area contributed by atoms with Crippen molar-refractivity contribution in [1.82, 2.24) is 10.3 Å². The highest BCUT2D eigenvalue weighted by Crippen LogP contribution is 2.25. The highest BCUT2D eigenvalue weighted by atomic mass is 35.5. The van der Waals surface area contributed by atoms with Crippen molar-refractivity contribution in [1.29, 1.82) is 0 Å². The number of nitrogens with zero attached hydrogens (tertiary/aromatic N) is 1. The average Bonchev–Trinajstić information content (AvgIpc) is 2.40. The maximum atomic E-state index is 6.37. The molecule has 0 aliphatic carbocycles. The number of halogens is 1. The molecule has 1 aromatic carbocycles. The first kappa shape index (κ1) is 14.0. The lowest BCUT2D eigenvalue weighted by Crippen LogP contribution is -2.18. The van der Waals surface area contributed by atoms with Gasteiger partial charge in [-0.3, -0.25) is 4.98 Å². The fraction of sp³-hybridized carbons (Fsp3) is 0.312. The Bertz CT molecular complexity index is 526. The molecule has 2 nitrogen and oxygen atoms in total. The van der Waals surface area contributed by atoms with E-state index in [9.17, 15) is 0 Å². The molecule has 0 aliphatic heterocycles. The largest absolute Gasteiger partial charge is 0.310 e. The molecule has 0 amide bonds. The molecule has 1 unspecified atom stereocenters. The van der Waals surface area contributed by atoms with E-state index in [1.54, 1.807) is 0 Å². The van der Waals surface area contributed by atoms with Gasteiger partial charge in [0.15, 0.2) is 0 Å². The van der Waals surface area contributed by atoms with Crippen LogP contribution in [0.15, 0.2) is 42.7 Å². The molecule has 1 aromatic heterocycles. The number of rotatable bonds is 5. The molecule has 1 atom stereocenters. The highest BCUT2D eigenvalue weighted by molar-refractivity contribution is 6.31. The Kier molecular flexibility index (Phi) is 4.94. The number of aromatic nitrogens is 1. The Balaban J connectivity index is 2.15. The average molecular weight is 275 g/mol. The van der Waals surface area contributed by atoms with E-state index in [0.717, 1.165) is 23.6 Å². The SMILES string of the molecule is CCNC(C)c1ccc(Cc2ccncc2)cc1Cl. The smallest absolute Gasteiger partial charge is 0.0456 e. The van der Waals surface area contributed by atoms with Gasteiger partial charge in [-0.25, -0.2) is 0 Å². The third-order valence-electron chi connectivity index (χ3n) is 3.20. The van der Waals surface area contributed by atoms with Crippen molar-refractivity contribution < 1.29 is 0 Å². The molecule has 2 rings (SSSR count). The molecule has 0 spiro atoms. The first-order valence-corrected chi connectivity index (χ1v) is 6.99. The molecular formula is C16H19ClN2. The molecule has 0 saturated carbocycles. The van der Waals surface area contributed by atoms with E-state index < -0.39 is 0 Å². The fourth-order valence-electron chi connectivity index (χ4n) is 2.18. The van der Waals surface area contributed by atoms with Crippen molar-refractivity contribution in [3.8, 4) is 0 Å². The van der Waals surface area contributed by atoms with Crippen molar-refractivity contribution in [2.45, 2.75) is 26.3 Å². The predicted octanol–water partition coefficient (Wildman–Crippen LogP) is 4.00. The maximum absolute atomic E-state index is 6.37. The van der Waals surface area contributed by atoms with Crippen LogP contribution in [0.2, 0.25) is 5.02 Å². The van der Waals surface area contributed by atoms with Gasteiger partial charge < -0.3 is 5.32 Å². The monoisotopic (exact) mass is 274 g/mol.